The Morgan fingerprint density at radius 2 is 2.00 bits per heavy atom. The van der Waals surface area contributed by atoms with Gasteiger partial charge in [-0.3, -0.25) is 0 Å². The van der Waals surface area contributed by atoms with E-state index in [1.165, 1.54) is 12.1 Å². The van der Waals surface area contributed by atoms with Crippen molar-refractivity contribution in [3.8, 4) is 0 Å². The molecule has 14 heavy (non-hydrogen) atoms. The first-order valence-corrected chi connectivity index (χ1v) is 5.03. The van der Waals surface area contributed by atoms with Crippen molar-refractivity contribution in [1.82, 2.24) is 0 Å². The van der Waals surface area contributed by atoms with E-state index < -0.39 is 17.5 Å². The zero-order valence-corrected chi connectivity index (χ0v) is 9.68. The summed E-state index contributed by atoms with van der Waals surface area (Å²) in [5.41, 5.74) is 5.42. The third-order valence-corrected chi connectivity index (χ3v) is 2.36. The Balaban J connectivity index is 3.07. The van der Waals surface area contributed by atoms with Gasteiger partial charge in [0.15, 0.2) is 0 Å². The lowest BCUT2D eigenvalue weighted by molar-refractivity contribution is 0.104. The molecule has 1 unspecified atom stereocenters. The molecule has 4 heteroatoms. The van der Waals surface area contributed by atoms with Gasteiger partial charge < -0.3 is 10.8 Å². The van der Waals surface area contributed by atoms with E-state index in [0.29, 0.717) is 10.0 Å². The van der Waals surface area contributed by atoms with E-state index in [4.69, 9.17) is 5.73 Å². The van der Waals surface area contributed by atoms with Gasteiger partial charge >= 0.3 is 0 Å². The average molecular weight is 262 g/mol. The second kappa shape index (κ2) is 3.96. The molecule has 0 spiro atoms. The molecule has 1 rings (SSSR count). The second-order valence-electron chi connectivity index (χ2n) is 3.93. The fourth-order valence-electron chi connectivity index (χ4n) is 1.16. The molecule has 0 heterocycles. The normalized spacial score (nSPS) is 14.1. The fourth-order valence-corrected chi connectivity index (χ4v) is 1.65. The molecule has 3 N–H and O–H groups in total. The summed E-state index contributed by atoms with van der Waals surface area (Å²) in [5, 5.41) is 9.79. The topological polar surface area (TPSA) is 46.2 Å². The third kappa shape index (κ3) is 2.77. The van der Waals surface area contributed by atoms with Crippen LogP contribution in [0.2, 0.25) is 0 Å². The summed E-state index contributed by atoms with van der Waals surface area (Å²) in [5.74, 6) is -0.391. The van der Waals surface area contributed by atoms with E-state index >= 15 is 0 Å². The molecule has 0 radical (unpaired) electrons. The minimum absolute atomic E-state index is 0.391. The first kappa shape index (κ1) is 11.6. The quantitative estimate of drug-likeness (QED) is 0.859. The molecule has 0 fully saturated rings. The molecule has 78 valence electrons. The number of hydrogen-bond donors (Lipinski definition) is 2. The van der Waals surface area contributed by atoms with Crippen LogP contribution in [0.25, 0.3) is 0 Å². The molecule has 0 aromatic heterocycles. The number of aliphatic hydroxyl groups excluding tert-OH is 1. The Hall–Kier alpha value is -0.450. The zero-order chi connectivity index (χ0) is 10.9. The van der Waals surface area contributed by atoms with Crippen LogP contribution >= 0.6 is 15.9 Å². The van der Waals surface area contributed by atoms with E-state index in [9.17, 15) is 9.50 Å². The van der Waals surface area contributed by atoms with Gasteiger partial charge in [-0.05, 0) is 37.6 Å². The van der Waals surface area contributed by atoms with Crippen LogP contribution in [0.5, 0.6) is 0 Å². The van der Waals surface area contributed by atoms with Gasteiger partial charge in [-0.15, -0.1) is 0 Å². The Morgan fingerprint density at radius 1 is 1.43 bits per heavy atom. The summed E-state index contributed by atoms with van der Waals surface area (Å²) in [6.45, 7) is 3.38. The standard InChI is InChI=1S/C10H13BrFNO/c1-10(2,13)9(14)6-3-7(11)5-8(12)4-6/h3-5,9,14H,13H2,1-2H3. The van der Waals surface area contributed by atoms with Crippen LogP contribution < -0.4 is 5.73 Å². The van der Waals surface area contributed by atoms with Crippen molar-refractivity contribution >= 4 is 15.9 Å². The Kier molecular flexibility index (Phi) is 3.29. The van der Waals surface area contributed by atoms with E-state index in [1.807, 2.05) is 0 Å². The number of nitrogens with two attached hydrogens (primary N) is 1. The number of aliphatic hydroxyl groups is 1. The molecule has 1 aromatic rings. The van der Waals surface area contributed by atoms with Crippen molar-refractivity contribution in [3.63, 3.8) is 0 Å². The van der Waals surface area contributed by atoms with Crippen LogP contribution in [0.15, 0.2) is 22.7 Å². The first-order valence-electron chi connectivity index (χ1n) is 4.23. The lowest BCUT2D eigenvalue weighted by Gasteiger charge is -2.26. The van der Waals surface area contributed by atoms with Crippen LogP contribution in [0.1, 0.15) is 25.5 Å². The fraction of sp³-hybridized carbons (Fsp3) is 0.400. The molecule has 0 aliphatic heterocycles. The highest BCUT2D eigenvalue weighted by molar-refractivity contribution is 9.10. The molecule has 0 aliphatic carbocycles. The second-order valence-corrected chi connectivity index (χ2v) is 4.84. The lowest BCUT2D eigenvalue weighted by atomic mass is 9.92. The van der Waals surface area contributed by atoms with E-state index in [-0.39, 0.29) is 0 Å². The molecule has 2 nitrogen and oxygen atoms in total. The van der Waals surface area contributed by atoms with Gasteiger partial charge in [0.1, 0.15) is 5.82 Å². The first-order chi connectivity index (χ1) is 6.30. The van der Waals surface area contributed by atoms with E-state index in [0.717, 1.165) is 0 Å². The van der Waals surface area contributed by atoms with Gasteiger partial charge in [0, 0.05) is 10.0 Å². The van der Waals surface area contributed by atoms with Gasteiger partial charge in [0.25, 0.3) is 0 Å². The predicted octanol–water partition coefficient (Wildman–Crippen LogP) is 2.36. The van der Waals surface area contributed by atoms with Crippen molar-refractivity contribution in [2.24, 2.45) is 5.73 Å². The summed E-state index contributed by atoms with van der Waals surface area (Å²) in [4.78, 5) is 0. The van der Waals surface area contributed by atoms with Crippen molar-refractivity contribution in [1.29, 1.82) is 0 Å². The predicted molar refractivity (Wildman–Crippen MR) is 57.3 cm³/mol. The Labute approximate surface area is 91.1 Å². The highest BCUT2D eigenvalue weighted by atomic mass is 79.9. The SMILES string of the molecule is CC(C)(N)C(O)c1cc(F)cc(Br)c1. The molecule has 1 atom stereocenters. The van der Waals surface area contributed by atoms with Gasteiger partial charge in [0.2, 0.25) is 0 Å². The molecular weight excluding hydrogens is 249 g/mol. The Morgan fingerprint density at radius 3 is 2.43 bits per heavy atom. The maximum atomic E-state index is 13.0. The molecular formula is C10H13BrFNO. The summed E-state index contributed by atoms with van der Waals surface area (Å²) >= 11 is 3.16. The van der Waals surface area contributed by atoms with Crippen molar-refractivity contribution in [2.75, 3.05) is 0 Å². The van der Waals surface area contributed by atoms with Crippen LogP contribution in [-0.2, 0) is 0 Å². The summed E-state index contributed by atoms with van der Waals surface area (Å²) < 4.78 is 13.6. The van der Waals surface area contributed by atoms with Crippen molar-refractivity contribution in [2.45, 2.75) is 25.5 Å². The monoisotopic (exact) mass is 261 g/mol. The average Bonchev–Trinajstić information content (AvgIpc) is 1.99. The lowest BCUT2D eigenvalue weighted by Crippen LogP contribution is -2.39. The van der Waals surface area contributed by atoms with Crippen molar-refractivity contribution in [3.05, 3.63) is 34.1 Å². The highest BCUT2D eigenvalue weighted by Crippen LogP contribution is 2.26. The van der Waals surface area contributed by atoms with Gasteiger partial charge in [-0.1, -0.05) is 15.9 Å². The van der Waals surface area contributed by atoms with Crippen LogP contribution in [0.4, 0.5) is 4.39 Å². The highest BCUT2D eigenvalue weighted by Gasteiger charge is 2.24. The molecule has 0 amide bonds. The minimum Gasteiger partial charge on any atom is -0.387 e. The summed E-state index contributed by atoms with van der Waals surface area (Å²) in [7, 11) is 0. The maximum Gasteiger partial charge on any atom is 0.124 e. The van der Waals surface area contributed by atoms with Gasteiger partial charge in [-0.2, -0.15) is 0 Å². The van der Waals surface area contributed by atoms with Gasteiger partial charge in [0.05, 0.1) is 6.10 Å². The Bertz CT molecular complexity index is 315. The van der Waals surface area contributed by atoms with Gasteiger partial charge in [-0.25, -0.2) is 4.39 Å². The van der Waals surface area contributed by atoms with Crippen LogP contribution in [0, 0.1) is 5.82 Å². The van der Waals surface area contributed by atoms with Crippen LogP contribution in [-0.4, -0.2) is 10.6 Å². The summed E-state index contributed by atoms with van der Waals surface area (Å²) in [6.07, 6.45) is -0.880. The van der Waals surface area contributed by atoms with E-state index in [2.05, 4.69) is 15.9 Å². The van der Waals surface area contributed by atoms with E-state index in [1.54, 1.807) is 19.9 Å². The van der Waals surface area contributed by atoms with Crippen molar-refractivity contribution < 1.29 is 9.50 Å². The maximum absolute atomic E-state index is 13.0. The zero-order valence-electron chi connectivity index (χ0n) is 8.09. The largest absolute Gasteiger partial charge is 0.387 e. The van der Waals surface area contributed by atoms with Crippen LogP contribution in [0.3, 0.4) is 0 Å². The minimum atomic E-state index is -0.880. The molecule has 0 saturated heterocycles. The summed E-state index contributed by atoms with van der Waals surface area (Å²) in [6, 6.07) is 4.27. The molecule has 0 saturated carbocycles. The molecule has 0 aliphatic rings. The number of benzene rings is 1. The molecule has 0 bridgehead atoms. The third-order valence-electron chi connectivity index (χ3n) is 1.91. The smallest absolute Gasteiger partial charge is 0.124 e. The molecule has 1 aromatic carbocycles. The number of rotatable bonds is 2. The number of hydrogen-bond acceptors (Lipinski definition) is 2. The number of halogens is 2.